The molecule has 192 valence electrons. The molecule has 9 heteroatoms. The molecule has 2 unspecified atom stereocenters. The summed E-state index contributed by atoms with van der Waals surface area (Å²) in [5.74, 6) is -1.87. The van der Waals surface area contributed by atoms with Crippen LogP contribution in [0.2, 0.25) is 0 Å². The molecule has 4 fully saturated rings. The molecule has 0 bridgehead atoms. The largest absolute Gasteiger partial charge is 0.461 e. The summed E-state index contributed by atoms with van der Waals surface area (Å²) in [7, 11) is 0. The zero-order valence-corrected chi connectivity index (χ0v) is 20.9. The Hall–Kier alpha value is -1.61. The predicted octanol–water partition coefficient (Wildman–Crippen LogP) is 4.57. The molecule has 0 aliphatic heterocycles. The van der Waals surface area contributed by atoms with Crippen molar-refractivity contribution in [1.29, 1.82) is 0 Å². The molecule has 0 saturated heterocycles. The third-order valence-electron chi connectivity index (χ3n) is 10.2. The third-order valence-corrected chi connectivity index (χ3v) is 10.9. The fourth-order valence-electron chi connectivity index (χ4n) is 7.66. The first-order valence-corrected chi connectivity index (χ1v) is 13.2. The minimum Gasteiger partial charge on any atom is -0.461 e. The lowest BCUT2D eigenvalue weighted by atomic mass is 9.46. The summed E-state index contributed by atoms with van der Waals surface area (Å²) < 4.78 is 50.8. The van der Waals surface area contributed by atoms with Crippen LogP contribution >= 0.6 is 11.8 Å². The standard InChI is InChI=1S/C26H31F3O5S/c1-22-8-9-25(29)16(11-18(28)17-10-14(30)6-7-23(17,25)2)15(22)4-5-19(22)34-20(31)24(3)12-26(24,33)21(32)35-13-27/h6-7,10,15-16,18-19,33H,4-5,8-9,11-13H2,1-3H3/t15-,16-,18-,19+,22-,23-,24?,25+,26?/m0/s1. The fourth-order valence-corrected chi connectivity index (χ4v) is 8.29. The molecule has 4 saturated carbocycles. The number of hydrogen-bond donors (Lipinski definition) is 1. The second kappa shape index (κ2) is 7.70. The maximum atomic E-state index is 16.9. The van der Waals surface area contributed by atoms with Gasteiger partial charge in [-0.2, -0.15) is 0 Å². The number of ether oxygens (including phenoxy) is 1. The lowest BCUT2D eigenvalue weighted by molar-refractivity contribution is -0.177. The minimum absolute atomic E-state index is 0.0214. The van der Waals surface area contributed by atoms with E-state index in [1.54, 1.807) is 6.92 Å². The summed E-state index contributed by atoms with van der Waals surface area (Å²) in [6.07, 6.45) is 3.57. The topological polar surface area (TPSA) is 80.7 Å². The molecule has 35 heavy (non-hydrogen) atoms. The van der Waals surface area contributed by atoms with Gasteiger partial charge in [0.1, 0.15) is 29.4 Å². The molecule has 0 aromatic rings. The number of carbonyl (C=O) groups is 3. The van der Waals surface area contributed by atoms with Crippen LogP contribution in [-0.4, -0.2) is 51.5 Å². The summed E-state index contributed by atoms with van der Waals surface area (Å²) in [6, 6.07) is -0.990. The van der Waals surface area contributed by atoms with E-state index in [0.29, 0.717) is 31.0 Å². The Labute approximate surface area is 206 Å². The summed E-state index contributed by atoms with van der Waals surface area (Å²) >= 11 is 0.330. The molecule has 0 amide bonds. The highest BCUT2D eigenvalue weighted by atomic mass is 32.2. The van der Waals surface area contributed by atoms with Crippen LogP contribution in [0.5, 0.6) is 0 Å². The van der Waals surface area contributed by atoms with Crippen LogP contribution in [0.15, 0.2) is 23.8 Å². The van der Waals surface area contributed by atoms with Crippen LogP contribution in [0.25, 0.3) is 0 Å². The van der Waals surface area contributed by atoms with Crippen molar-refractivity contribution in [1.82, 2.24) is 0 Å². The molecular weight excluding hydrogens is 481 g/mol. The Morgan fingerprint density at radius 2 is 1.91 bits per heavy atom. The Balaban J connectivity index is 1.37. The van der Waals surface area contributed by atoms with Gasteiger partial charge in [0.2, 0.25) is 5.12 Å². The van der Waals surface area contributed by atoms with Crippen LogP contribution in [0, 0.1) is 28.1 Å². The van der Waals surface area contributed by atoms with Crippen molar-refractivity contribution in [2.24, 2.45) is 28.1 Å². The lowest BCUT2D eigenvalue weighted by Gasteiger charge is -2.60. The van der Waals surface area contributed by atoms with Gasteiger partial charge in [-0.05, 0) is 69.6 Å². The Kier molecular flexibility index (Phi) is 5.51. The van der Waals surface area contributed by atoms with Crippen molar-refractivity contribution in [2.75, 3.05) is 6.01 Å². The van der Waals surface area contributed by atoms with Crippen molar-refractivity contribution >= 4 is 28.6 Å². The Morgan fingerprint density at radius 3 is 2.60 bits per heavy atom. The minimum atomic E-state index is -1.95. The maximum absolute atomic E-state index is 16.9. The normalized spacial score (nSPS) is 50.0. The number of rotatable bonds is 4. The van der Waals surface area contributed by atoms with Gasteiger partial charge in [0, 0.05) is 23.2 Å². The van der Waals surface area contributed by atoms with Crippen molar-refractivity contribution in [2.45, 2.75) is 82.8 Å². The molecule has 0 aromatic heterocycles. The van der Waals surface area contributed by atoms with E-state index in [1.807, 2.05) is 6.92 Å². The van der Waals surface area contributed by atoms with E-state index in [-0.39, 0.29) is 36.5 Å². The highest BCUT2D eigenvalue weighted by molar-refractivity contribution is 8.13. The molecule has 0 radical (unpaired) electrons. The first-order chi connectivity index (χ1) is 16.3. The van der Waals surface area contributed by atoms with E-state index >= 15 is 8.78 Å². The molecule has 0 aromatic carbocycles. The van der Waals surface area contributed by atoms with E-state index in [0.717, 1.165) is 0 Å². The number of hydrogen-bond acceptors (Lipinski definition) is 6. The van der Waals surface area contributed by atoms with E-state index < -0.39 is 62.8 Å². The van der Waals surface area contributed by atoms with E-state index in [1.165, 1.54) is 25.2 Å². The lowest BCUT2D eigenvalue weighted by Crippen LogP contribution is -2.62. The maximum Gasteiger partial charge on any atom is 0.315 e. The highest BCUT2D eigenvalue weighted by Crippen LogP contribution is 2.69. The molecule has 1 N–H and O–H groups in total. The fraction of sp³-hybridized carbons (Fsp3) is 0.731. The van der Waals surface area contributed by atoms with Gasteiger partial charge in [0.15, 0.2) is 11.4 Å². The average Bonchev–Trinajstić information content (AvgIpc) is 3.24. The van der Waals surface area contributed by atoms with Crippen LogP contribution in [0.1, 0.15) is 59.3 Å². The second-order valence-electron chi connectivity index (χ2n) is 11.7. The SMILES string of the molecule is CC1(C(=O)O[C@@H]2CC[C@H]3[C@@H]4C[C@H](F)C5=CC(=O)C=C[C@]5(C)[C@@]4(F)CC[C@]23C)CC1(O)C(=O)SCF. The zero-order valence-electron chi connectivity index (χ0n) is 20.1. The molecule has 5 rings (SSSR count). The second-order valence-corrected chi connectivity index (χ2v) is 12.6. The van der Waals surface area contributed by atoms with Crippen molar-refractivity contribution in [3.63, 3.8) is 0 Å². The number of aliphatic hydroxyl groups is 1. The first kappa shape index (κ1) is 25.1. The quantitative estimate of drug-likeness (QED) is 0.556. The summed E-state index contributed by atoms with van der Waals surface area (Å²) in [4.78, 5) is 37.1. The Bertz CT molecular complexity index is 1060. The van der Waals surface area contributed by atoms with Crippen LogP contribution in [0.4, 0.5) is 13.2 Å². The molecule has 9 atom stereocenters. The van der Waals surface area contributed by atoms with Gasteiger partial charge in [0.05, 0.1) is 0 Å². The van der Waals surface area contributed by atoms with Gasteiger partial charge in [-0.3, -0.25) is 14.4 Å². The molecule has 5 aliphatic rings. The van der Waals surface area contributed by atoms with Crippen LogP contribution in [0.3, 0.4) is 0 Å². The van der Waals surface area contributed by atoms with Crippen LogP contribution in [-0.2, 0) is 19.1 Å². The Morgan fingerprint density at radius 1 is 1.20 bits per heavy atom. The summed E-state index contributed by atoms with van der Waals surface area (Å²) in [6.45, 7) is 5.07. The van der Waals surface area contributed by atoms with Crippen molar-refractivity contribution < 1.29 is 37.4 Å². The van der Waals surface area contributed by atoms with Crippen molar-refractivity contribution in [3.05, 3.63) is 23.8 Å². The van der Waals surface area contributed by atoms with Gasteiger partial charge < -0.3 is 9.84 Å². The molecule has 5 nitrogen and oxygen atoms in total. The summed E-state index contributed by atoms with van der Waals surface area (Å²) in [5.41, 5.74) is -6.69. The number of allylic oxidation sites excluding steroid dienone is 4. The van der Waals surface area contributed by atoms with E-state index in [4.69, 9.17) is 4.74 Å². The van der Waals surface area contributed by atoms with Gasteiger partial charge in [0.25, 0.3) is 0 Å². The number of thioether (sulfide) groups is 1. The van der Waals surface area contributed by atoms with Gasteiger partial charge in [-0.15, -0.1) is 0 Å². The number of ketones is 1. The van der Waals surface area contributed by atoms with Gasteiger partial charge in [-0.1, -0.05) is 24.8 Å². The van der Waals surface area contributed by atoms with Crippen LogP contribution < -0.4 is 0 Å². The van der Waals surface area contributed by atoms with Gasteiger partial charge in [-0.25, -0.2) is 13.2 Å². The van der Waals surface area contributed by atoms with Gasteiger partial charge >= 0.3 is 5.97 Å². The zero-order chi connectivity index (χ0) is 25.6. The van der Waals surface area contributed by atoms with E-state index in [2.05, 4.69) is 0 Å². The molecular formula is C26H31F3O5S. The predicted molar refractivity (Wildman–Crippen MR) is 123 cm³/mol. The molecule has 0 heterocycles. The molecule has 0 spiro atoms. The van der Waals surface area contributed by atoms with Crippen molar-refractivity contribution in [3.8, 4) is 0 Å². The number of esters is 1. The monoisotopic (exact) mass is 512 g/mol. The first-order valence-electron chi connectivity index (χ1n) is 12.2. The number of fused-ring (bicyclic) bond motifs is 5. The summed E-state index contributed by atoms with van der Waals surface area (Å²) in [5, 5.41) is 9.81. The smallest absolute Gasteiger partial charge is 0.315 e. The van der Waals surface area contributed by atoms with E-state index in [9.17, 15) is 23.9 Å². The molecule has 5 aliphatic carbocycles. The highest BCUT2D eigenvalue weighted by Gasteiger charge is 2.75. The third kappa shape index (κ3) is 3.15. The number of carbonyl (C=O) groups excluding carboxylic acids is 3. The number of alkyl halides is 3. The number of halogens is 3. The average molecular weight is 513 g/mol.